The molecule has 1 atom stereocenters. The average molecular weight is 406 g/mol. The van der Waals surface area contributed by atoms with Gasteiger partial charge in [0.25, 0.3) is 0 Å². The molecule has 2 heterocycles. The molecule has 6 heteroatoms. The fraction of sp³-hybridized carbons (Fsp3) is 0.524. The molecule has 1 aromatic heterocycles. The zero-order chi connectivity index (χ0) is 19.6. The lowest BCUT2D eigenvalue weighted by atomic mass is 9.69. The number of dihydropyridines is 1. The van der Waals surface area contributed by atoms with E-state index in [-0.39, 0.29) is 23.1 Å². The fourth-order valence-electron chi connectivity index (χ4n) is 3.89. The molecule has 0 saturated heterocycles. The Kier molecular flexibility index (Phi) is 6.16. The number of nitrogens with one attached hydrogen (secondary N) is 1. The molecule has 27 heavy (non-hydrogen) atoms. The van der Waals surface area contributed by atoms with Crippen LogP contribution in [0.1, 0.15) is 52.0 Å². The quantitative estimate of drug-likeness (QED) is 0.551. The lowest BCUT2D eigenvalue weighted by molar-refractivity contribution is -0.138. The standard InChI is InChI=1S/C21H27NO3S2/c1-5-26-9-7-25-20(24)17-13(2)22-15-10-21(3,4)11-16(23)19(15)18(17)14-6-8-27-12-14/h6,8,12,18,22H,5,7,9-11H2,1-4H3. The monoisotopic (exact) mass is 405 g/mol. The fourth-order valence-corrected chi connectivity index (χ4v) is 5.07. The molecule has 0 bridgehead atoms. The number of hydrogen-bond donors (Lipinski definition) is 1. The minimum Gasteiger partial charge on any atom is -0.461 e. The Balaban J connectivity index is 1.96. The van der Waals surface area contributed by atoms with Crippen LogP contribution >= 0.6 is 23.1 Å². The summed E-state index contributed by atoms with van der Waals surface area (Å²) in [5.74, 6) is 1.26. The Morgan fingerprint density at radius 1 is 1.41 bits per heavy atom. The highest BCUT2D eigenvalue weighted by Gasteiger charge is 2.43. The van der Waals surface area contributed by atoms with E-state index >= 15 is 0 Å². The van der Waals surface area contributed by atoms with E-state index in [0.29, 0.717) is 18.6 Å². The number of carbonyl (C=O) groups excluding carboxylic acids is 2. The first-order chi connectivity index (χ1) is 12.8. The van der Waals surface area contributed by atoms with Crippen LogP contribution < -0.4 is 5.32 Å². The van der Waals surface area contributed by atoms with Crippen molar-refractivity contribution in [2.75, 3.05) is 18.1 Å². The highest BCUT2D eigenvalue weighted by Crippen LogP contribution is 2.47. The van der Waals surface area contributed by atoms with Crippen molar-refractivity contribution in [3.63, 3.8) is 0 Å². The molecule has 1 aromatic rings. The number of ether oxygens (including phenoxy) is 1. The van der Waals surface area contributed by atoms with Crippen LogP contribution in [0.15, 0.2) is 39.4 Å². The van der Waals surface area contributed by atoms with Gasteiger partial charge in [-0.05, 0) is 46.9 Å². The van der Waals surface area contributed by atoms with Gasteiger partial charge in [-0.2, -0.15) is 23.1 Å². The van der Waals surface area contributed by atoms with Gasteiger partial charge in [-0.25, -0.2) is 4.79 Å². The number of rotatable bonds is 6. The molecule has 0 fully saturated rings. The van der Waals surface area contributed by atoms with Gasteiger partial charge in [-0.1, -0.05) is 20.8 Å². The molecular weight excluding hydrogens is 378 g/mol. The van der Waals surface area contributed by atoms with Gasteiger partial charge >= 0.3 is 5.97 Å². The molecule has 0 spiro atoms. The number of thioether (sulfide) groups is 1. The van der Waals surface area contributed by atoms with Crippen LogP contribution in [0, 0.1) is 5.41 Å². The molecule has 1 aliphatic carbocycles. The third-order valence-corrected chi connectivity index (χ3v) is 6.57. The maximum atomic E-state index is 13.1. The smallest absolute Gasteiger partial charge is 0.336 e. The van der Waals surface area contributed by atoms with Crippen LogP contribution in [0.2, 0.25) is 0 Å². The SMILES string of the molecule is CCSCCOC(=O)C1=C(C)NC2=C(C(=O)CC(C)(C)C2)C1c1ccsc1. The van der Waals surface area contributed by atoms with Crippen molar-refractivity contribution in [3.8, 4) is 0 Å². The lowest BCUT2D eigenvalue weighted by Crippen LogP contribution is -2.38. The third-order valence-electron chi connectivity index (χ3n) is 5.00. The second-order valence-corrected chi connectivity index (χ2v) is 9.99. The van der Waals surface area contributed by atoms with Gasteiger partial charge in [-0.15, -0.1) is 0 Å². The van der Waals surface area contributed by atoms with Crippen molar-refractivity contribution in [1.29, 1.82) is 0 Å². The topological polar surface area (TPSA) is 55.4 Å². The van der Waals surface area contributed by atoms with E-state index in [9.17, 15) is 9.59 Å². The Labute approximate surface area is 169 Å². The van der Waals surface area contributed by atoms with Crippen molar-refractivity contribution < 1.29 is 14.3 Å². The molecule has 0 amide bonds. The molecule has 1 N–H and O–H groups in total. The van der Waals surface area contributed by atoms with Crippen molar-refractivity contribution >= 4 is 34.9 Å². The summed E-state index contributed by atoms with van der Waals surface area (Å²) in [6, 6.07) is 2.01. The molecular formula is C21H27NO3S2. The van der Waals surface area contributed by atoms with Crippen LogP contribution in [0.25, 0.3) is 0 Å². The molecule has 0 radical (unpaired) electrons. The summed E-state index contributed by atoms with van der Waals surface area (Å²) < 4.78 is 5.55. The summed E-state index contributed by atoms with van der Waals surface area (Å²) >= 11 is 3.32. The van der Waals surface area contributed by atoms with E-state index in [1.54, 1.807) is 23.1 Å². The Morgan fingerprint density at radius 2 is 2.19 bits per heavy atom. The highest BCUT2D eigenvalue weighted by molar-refractivity contribution is 7.99. The lowest BCUT2D eigenvalue weighted by Gasteiger charge is -2.39. The van der Waals surface area contributed by atoms with E-state index in [0.717, 1.165) is 40.5 Å². The van der Waals surface area contributed by atoms with Gasteiger partial charge in [0.2, 0.25) is 0 Å². The Hall–Kier alpha value is -1.53. The van der Waals surface area contributed by atoms with Gasteiger partial charge in [0.1, 0.15) is 6.61 Å². The minimum atomic E-state index is -0.331. The van der Waals surface area contributed by atoms with Crippen LogP contribution in [0.4, 0.5) is 0 Å². The maximum absolute atomic E-state index is 13.1. The summed E-state index contributed by atoms with van der Waals surface area (Å²) in [4.78, 5) is 26.0. The van der Waals surface area contributed by atoms with Crippen molar-refractivity contribution in [1.82, 2.24) is 5.32 Å². The van der Waals surface area contributed by atoms with Gasteiger partial charge in [0.05, 0.1) is 5.57 Å². The molecule has 1 aliphatic heterocycles. The summed E-state index contributed by atoms with van der Waals surface area (Å²) in [7, 11) is 0. The number of Topliss-reactive ketones (excluding diaryl/α,β-unsaturated/α-hetero) is 1. The van der Waals surface area contributed by atoms with E-state index in [1.165, 1.54) is 0 Å². The second-order valence-electron chi connectivity index (χ2n) is 7.82. The summed E-state index contributed by atoms with van der Waals surface area (Å²) in [5, 5.41) is 7.38. The van der Waals surface area contributed by atoms with Crippen molar-refractivity contribution in [2.45, 2.75) is 46.5 Å². The van der Waals surface area contributed by atoms with Crippen LogP contribution in [-0.2, 0) is 14.3 Å². The van der Waals surface area contributed by atoms with E-state index in [1.807, 2.05) is 23.8 Å². The third kappa shape index (κ3) is 4.32. The van der Waals surface area contributed by atoms with Gasteiger partial charge in [0, 0.05) is 35.1 Å². The zero-order valence-electron chi connectivity index (χ0n) is 16.4. The normalized spacial score (nSPS) is 21.8. The molecule has 146 valence electrons. The number of allylic oxidation sites excluding steroid dienone is 3. The van der Waals surface area contributed by atoms with Crippen LogP contribution in [-0.4, -0.2) is 29.9 Å². The first-order valence-electron chi connectivity index (χ1n) is 9.35. The van der Waals surface area contributed by atoms with Crippen molar-refractivity contribution in [2.24, 2.45) is 5.41 Å². The predicted octanol–water partition coefficient (Wildman–Crippen LogP) is 4.65. The van der Waals surface area contributed by atoms with E-state index in [4.69, 9.17) is 4.74 Å². The predicted molar refractivity (Wildman–Crippen MR) is 112 cm³/mol. The van der Waals surface area contributed by atoms with Gasteiger partial charge in [0.15, 0.2) is 5.78 Å². The number of carbonyl (C=O) groups is 2. The van der Waals surface area contributed by atoms with E-state index in [2.05, 4.69) is 26.1 Å². The minimum absolute atomic E-state index is 0.0716. The van der Waals surface area contributed by atoms with E-state index < -0.39 is 0 Å². The van der Waals surface area contributed by atoms with Crippen LogP contribution in [0.3, 0.4) is 0 Å². The Morgan fingerprint density at radius 3 is 2.85 bits per heavy atom. The average Bonchev–Trinajstić information content (AvgIpc) is 3.10. The Bertz CT molecular complexity index is 790. The first-order valence-corrected chi connectivity index (χ1v) is 11.4. The molecule has 0 aromatic carbocycles. The molecule has 4 nitrogen and oxygen atoms in total. The summed E-state index contributed by atoms with van der Waals surface area (Å²) in [6.07, 6.45) is 1.31. The summed E-state index contributed by atoms with van der Waals surface area (Å²) in [6.45, 7) is 8.61. The van der Waals surface area contributed by atoms with Crippen molar-refractivity contribution in [3.05, 3.63) is 44.9 Å². The molecule has 1 unspecified atom stereocenters. The largest absolute Gasteiger partial charge is 0.461 e. The summed E-state index contributed by atoms with van der Waals surface area (Å²) in [5.41, 5.74) is 4.00. The number of hydrogen-bond acceptors (Lipinski definition) is 6. The number of ketones is 1. The second kappa shape index (κ2) is 8.23. The molecule has 2 aliphatic rings. The number of thiophene rings is 1. The van der Waals surface area contributed by atoms with Crippen LogP contribution in [0.5, 0.6) is 0 Å². The zero-order valence-corrected chi connectivity index (χ0v) is 18.0. The maximum Gasteiger partial charge on any atom is 0.336 e. The van der Waals surface area contributed by atoms with Gasteiger partial charge < -0.3 is 10.1 Å². The molecule has 0 saturated carbocycles. The highest BCUT2D eigenvalue weighted by atomic mass is 32.2. The number of esters is 1. The molecule has 3 rings (SSSR count). The van der Waals surface area contributed by atoms with Gasteiger partial charge in [-0.3, -0.25) is 4.79 Å². The first kappa shape index (κ1) is 20.2.